The normalized spacial score (nSPS) is 11.9. The Bertz CT molecular complexity index is 638. The van der Waals surface area contributed by atoms with Gasteiger partial charge in [0.05, 0.1) is 6.04 Å². The zero-order valence-corrected chi connectivity index (χ0v) is 11.6. The first-order valence-electron chi connectivity index (χ1n) is 6.44. The summed E-state index contributed by atoms with van der Waals surface area (Å²) in [5, 5.41) is 12.5. The van der Waals surface area contributed by atoms with Crippen LogP contribution in [0.3, 0.4) is 0 Å². The number of anilines is 1. The number of carbonyl (C=O) groups excluding carboxylic acids is 1. The minimum atomic E-state index is -0.215. The fourth-order valence-electron chi connectivity index (χ4n) is 2.06. The van der Waals surface area contributed by atoms with Crippen LogP contribution in [0.1, 0.15) is 34.5 Å². The van der Waals surface area contributed by atoms with E-state index in [4.69, 9.17) is 5.73 Å². The van der Waals surface area contributed by atoms with Gasteiger partial charge in [0.25, 0.3) is 5.91 Å². The Balaban J connectivity index is 2.17. The molecule has 0 fully saturated rings. The molecule has 1 unspecified atom stereocenters. The lowest BCUT2D eigenvalue weighted by Gasteiger charge is -2.16. The maximum absolute atomic E-state index is 12.2. The van der Waals surface area contributed by atoms with E-state index in [-0.39, 0.29) is 17.7 Å². The Kier molecular flexibility index (Phi) is 3.94. The molecule has 20 heavy (non-hydrogen) atoms. The van der Waals surface area contributed by atoms with Crippen molar-refractivity contribution in [2.75, 3.05) is 5.73 Å². The van der Waals surface area contributed by atoms with E-state index < -0.39 is 0 Å². The standard InChI is InChI=1S/C16H18N2O2/c1-10-14(7-4-8-15(10)19)16(20)18-11(2)12-5-3-6-13(17)9-12/h3-9,11,19H,17H2,1-2H3,(H,18,20). The second-order valence-corrected chi connectivity index (χ2v) is 4.81. The Hall–Kier alpha value is -2.49. The summed E-state index contributed by atoms with van der Waals surface area (Å²) >= 11 is 0. The molecule has 0 bridgehead atoms. The lowest BCUT2D eigenvalue weighted by molar-refractivity contribution is 0.0939. The van der Waals surface area contributed by atoms with Gasteiger partial charge in [0.1, 0.15) is 5.75 Å². The average Bonchev–Trinajstić information content (AvgIpc) is 2.41. The SMILES string of the molecule is Cc1c(O)cccc1C(=O)NC(C)c1cccc(N)c1. The molecular weight excluding hydrogens is 252 g/mol. The Morgan fingerprint density at radius 2 is 1.95 bits per heavy atom. The number of phenols is 1. The number of amides is 1. The highest BCUT2D eigenvalue weighted by atomic mass is 16.3. The van der Waals surface area contributed by atoms with Crippen molar-refractivity contribution in [2.45, 2.75) is 19.9 Å². The number of carbonyl (C=O) groups is 1. The van der Waals surface area contributed by atoms with Crippen molar-refractivity contribution in [3.05, 3.63) is 59.2 Å². The molecule has 1 amide bonds. The Morgan fingerprint density at radius 1 is 1.25 bits per heavy atom. The summed E-state index contributed by atoms with van der Waals surface area (Å²) in [6, 6.07) is 12.2. The second kappa shape index (κ2) is 5.65. The first-order valence-corrected chi connectivity index (χ1v) is 6.44. The molecule has 0 aliphatic heterocycles. The molecule has 0 aliphatic carbocycles. The summed E-state index contributed by atoms with van der Waals surface area (Å²) in [4.78, 5) is 12.2. The molecule has 0 aromatic heterocycles. The van der Waals surface area contributed by atoms with Crippen molar-refractivity contribution in [1.82, 2.24) is 5.32 Å². The third-order valence-electron chi connectivity index (χ3n) is 3.31. The summed E-state index contributed by atoms with van der Waals surface area (Å²) < 4.78 is 0. The lowest BCUT2D eigenvalue weighted by atomic mass is 10.0. The van der Waals surface area contributed by atoms with Crippen LogP contribution in [0.5, 0.6) is 5.75 Å². The minimum absolute atomic E-state index is 0.120. The highest BCUT2D eigenvalue weighted by Gasteiger charge is 2.14. The number of aromatic hydroxyl groups is 1. The van der Waals surface area contributed by atoms with Gasteiger partial charge in [-0.1, -0.05) is 18.2 Å². The van der Waals surface area contributed by atoms with E-state index in [1.165, 1.54) is 0 Å². The molecule has 104 valence electrons. The van der Waals surface area contributed by atoms with Crippen LogP contribution >= 0.6 is 0 Å². The van der Waals surface area contributed by atoms with Gasteiger partial charge in [0, 0.05) is 16.8 Å². The quantitative estimate of drug-likeness (QED) is 0.751. The molecule has 0 aliphatic rings. The molecule has 4 N–H and O–H groups in total. The zero-order chi connectivity index (χ0) is 14.7. The number of rotatable bonds is 3. The average molecular weight is 270 g/mol. The van der Waals surface area contributed by atoms with Gasteiger partial charge in [-0.05, 0) is 43.7 Å². The number of hydrogen-bond acceptors (Lipinski definition) is 3. The highest BCUT2D eigenvalue weighted by Crippen LogP contribution is 2.21. The van der Waals surface area contributed by atoms with E-state index in [1.807, 2.05) is 25.1 Å². The molecule has 4 nitrogen and oxygen atoms in total. The predicted molar refractivity (Wildman–Crippen MR) is 79.6 cm³/mol. The first-order chi connectivity index (χ1) is 9.49. The second-order valence-electron chi connectivity index (χ2n) is 4.81. The van der Waals surface area contributed by atoms with Crippen LogP contribution in [0.15, 0.2) is 42.5 Å². The fraction of sp³-hybridized carbons (Fsp3) is 0.188. The van der Waals surface area contributed by atoms with Gasteiger partial charge >= 0.3 is 0 Å². The van der Waals surface area contributed by atoms with Crippen molar-refractivity contribution in [1.29, 1.82) is 0 Å². The number of nitrogens with one attached hydrogen (secondary N) is 1. The smallest absolute Gasteiger partial charge is 0.252 e. The van der Waals surface area contributed by atoms with Crippen molar-refractivity contribution in [3.63, 3.8) is 0 Å². The molecule has 4 heteroatoms. The van der Waals surface area contributed by atoms with E-state index in [1.54, 1.807) is 31.2 Å². The number of nitrogen functional groups attached to an aromatic ring is 1. The van der Waals surface area contributed by atoms with Crippen LogP contribution in [0, 0.1) is 6.92 Å². The van der Waals surface area contributed by atoms with Gasteiger partial charge in [0.15, 0.2) is 0 Å². The van der Waals surface area contributed by atoms with Crippen LogP contribution < -0.4 is 11.1 Å². The number of benzene rings is 2. The predicted octanol–water partition coefficient (Wildman–Crippen LogP) is 2.77. The van der Waals surface area contributed by atoms with E-state index >= 15 is 0 Å². The monoisotopic (exact) mass is 270 g/mol. The van der Waals surface area contributed by atoms with E-state index in [2.05, 4.69) is 5.32 Å². The van der Waals surface area contributed by atoms with Crippen LogP contribution in [-0.2, 0) is 0 Å². The van der Waals surface area contributed by atoms with Crippen molar-refractivity contribution >= 4 is 11.6 Å². The maximum Gasteiger partial charge on any atom is 0.252 e. The van der Waals surface area contributed by atoms with Crippen LogP contribution in [0.4, 0.5) is 5.69 Å². The Morgan fingerprint density at radius 3 is 2.65 bits per heavy atom. The first kappa shape index (κ1) is 13.9. The molecule has 0 saturated carbocycles. The van der Waals surface area contributed by atoms with Crippen molar-refractivity contribution < 1.29 is 9.90 Å². The number of nitrogens with two attached hydrogens (primary N) is 1. The number of hydrogen-bond donors (Lipinski definition) is 3. The molecule has 0 radical (unpaired) electrons. The van der Waals surface area contributed by atoms with Gasteiger partial charge in [0.2, 0.25) is 0 Å². The van der Waals surface area contributed by atoms with Crippen LogP contribution in [-0.4, -0.2) is 11.0 Å². The van der Waals surface area contributed by atoms with Gasteiger partial charge in [-0.2, -0.15) is 0 Å². The molecule has 1 atom stereocenters. The third-order valence-corrected chi connectivity index (χ3v) is 3.31. The molecule has 2 rings (SSSR count). The zero-order valence-electron chi connectivity index (χ0n) is 11.6. The largest absolute Gasteiger partial charge is 0.508 e. The summed E-state index contributed by atoms with van der Waals surface area (Å²) in [7, 11) is 0. The topological polar surface area (TPSA) is 75.3 Å². The van der Waals surface area contributed by atoms with Crippen molar-refractivity contribution in [3.8, 4) is 5.75 Å². The van der Waals surface area contributed by atoms with E-state index in [0.29, 0.717) is 16.8 Å². The van der Waals surface area contributed by atoms with Gasteiger partial charge in [-0.3, -0.25) is 4.79 Å². The number of phenolic OH excluding ortho intramolecular Hbond substituents is 1. The molecular formula is C16H18N2O2. The molecule has 0 heterocycles. The molecule has 0 spiro atoms. The summed E-state index contributed by atoms with van der Waals surface area (Å²) in [6.45, 7) is 3.61. The molecule has 2 aromatic rings. The van der Waals surface area contributed by atoms with Crippen molar-refractivity contribution in [2.24, 2.45) is 0 Å². The van der Waals surface area contributed by atoms with Crippen LogP contribution in [0.25, 0.3) is 0 Å². The van der Waals surface area contributed by atoms with Gasteiger partial charge < -0.3 is 16.2 Å². The minimum Gasteiger partial charge on any atom is -0.508 e. The fourth-order valence-corrected chi connectivity index (χ4v) is 2.06. The summed E-state index contributed by atoms with van der Waals surface area (Å²) in [5.74, 6) is -0.0948. The maximum atomic E-state index is 12.2. The van der Waals surface area contributed by atoms with Crippen LogP contribution in [0.2, 0.25) is 0 Å². The van der Waals surface area contributed by atoms with Gasteiger partial charge in [-0.25, -0.2) is 0 Å². The summed E-state index contributed by atoms with van der Waals surface area (Å²) in [5.41, 5.74) is 8.39. The highest BCUT2D eigenvalue weighted by molar-refractivity contribution is 5.96. The van der Waals surface area contributed by atoms with E-state index in [0.717, 1.165) is 5.56 Å². The van der Waals surface area contributed by atoms with E-state index in [9.17, 15) is 9.90 Å². The Labute approximate surface area is 118 Å². The summed E-state index contributed by atoms with van der Waals surface area (Å²) in [6.07, 6.45) is 0. The lowest BCUT2D eigenvalue weighted by Crippen LogP contribution is -2.27. The molecule has 2 aromatic carbocycles. The molecule has 0 saturated heterocycles. The third kappa shape index (κ3) is 2.91. The van der Waals surface area contributed by atoms with Gasteiger partial charge in [-0.15, -0.1) is 0 Å².